The number of urea groups is 1. The van der Waals surface area contributed by atoms with E-state index in [-0.39, 0.29) is 18.3 Å². The number of carbonyl (C=O) groups excluding carboxylic acids is 2. The maximum atomic E-state index is 12.6. The van der Waals surface area contributed by atoms with Crippen LogP contribution in [0.25, 0.3) is 0 Å². The summed E-state index contributed by atoms with van der Waals surface area (Å²) >= 11 is 0. The molecular formula is C19H33N3O6Si. The molecule has 3 amide bonds. The minimum Gasteiger partial charge on any atom is -0.390 e. The van der Waals surface area contributed by atoms with Crippen LogP contribution in [0, 0.1) is 5.41 Å². The molecule has 164 valence electrons. The van der Waals surface area contributed by atoms with Gasteiger partial charge in [0.05, 0.1) is 11.7 Å². The van der Waals surface area contributed by atoms with Crippen molar-refractivity contribution in [3.05, 3.63) is 0 Å². The van der Waals surface area contributed by atoms with E-state index in [0.29, 0.717) is 5.17 Å². The molecule has 2 rings (SSSR count). The Kier molecular flexibility index (Phi) is 6.85. The molecular weight excluding hydrogens is 394 g/mol. The van der Waals surface area contributed by atoms with E-state index in [1.54, 1.807) is 0 Å². The van der Waals surface area contributed by atoms with E-state index in [0.717, 1.165) is 0 Å². The fraction of sp³-hybridized carbons (Fsp3) is 0.789. The highest BCUT2D eigenvalue weighted by molar-refractivity contribution is 6.66. The predicted molar refractivity (Wildman–Crippen MR) is 112 cm³/mol. The van der Waals surface area contributed by atoms with Gasteiger partial charge in [-0.15, -0.1) is 0 Å². The third kappa shape index (κ3) is 5.57. The number of amides is 3. The van der Waals surface area contributed by atoms with Crippen molar-refractivity contribution in [2.75, 3.05) is 6.54 Å². The molecule has 1 saturated heterocycles. The van der Waals surface area contributed by atoms with Gasteiger partial charge in [0.25, 0.3) is 0 Å². The molecule has 0 spiro atoms. The van der Waals surface area contributed by atoms with Crippen molar-refractivity contribution in [2.45, 2.75) is 84.7 Å². The van der Waals surface area contributed by atoms with Crippen LogP contribution in [-0.4, -0.2) is 90.7 Å². The highest BCUT2D eigenvalue weighted by Crippen LogP contribution is 2.36. The number of aliphatic hydroxyl groups excluding tert-OH is 2. The van der Waals surface area contributed by atoms with E-state index in [4.69, 9.17) is 9.47 Å². The average Bonchev–Trinajstić information content (AvgIpc) is 2.84. The van der Waals surface area contributed by atoms with Crippen molar-refractivity contribution in [1.82, 2.24) is 10.2 Å². The highest BCUT2D eigenvalue weighted by Gasteiger charge is 2.54. The lowest BCUT2D eigenvalue weighted by molar-refractivity contribution is -0.154. The Balaban J connectivity index is 2.32. The highest BCUT2D eigenvalue weighted by atomic mass is 28.1. The number of nitrogens with zero attached hydrogens (tertiary/aromatic N) is 2. The lowest BCUT2D eigenvalue weighted by Gasteiger charge is -2.35. The molecule has 2 aliphatic rings. The molecule has 5 atom stereocenters. The topological polar surface area (TPSA) is 121 Å². The van der Waals surface area contributed by atoms with E-state index in [1.165, 1.54) is 21.7 Å². The molecule has 29 heavy (non-hydrogen) atoms. The molecule has 1 fully saturated rings. The number of hydrogen-bond donors (Lipinski definition) is 3. The monoisotopic (exact) mass is 427 g/mol. The molecule has 0 aliphatic carbocycles. The second kappa shape index (κ2) is 8.35. The molecule has 0 radical (unpaired) electrons. The van der Waals surface area contributed by atoms with E-state index in [2.05, 4.69) is 10.3 Å². The Morgan fingerprint density at radius 3 is 2.41 bits per heavy atom. The Labute approximate surface area is 174 Å². The van der Waals surface area contributed by atoms with Crippen LogP contribution < -0.4 is 5.32 Å². The van der Waals surface area contributed by atoms with Crippen molar-refractivity contribution < 1.29 is 29.3 Å². The van der Waals surface area contributed by atoms with Crippen LogP contribution >= 0.6 is 0 Å². The number of ether oxygens (including phenoxy) is 2. The van der Waals surface area contributed by atoms with Gasteiger partial charge in [-0.25, -0.2) is 4.79 Å². The van der Waals surface area contributed by atoms with Gasteiger partial charge in [-0.05, 0) is 41.2 Å². The lowest BCUT2D eigenvalue weighted by Crippen LogP contribution is -2.55. The van der Waals surface area contributed by atoms with Gasteiger partial charge in [0.2, 0.25) is 5.91 Å². The number of amidine groups is 1. The summed E-state index contributed by atoms with van der Waals surface area (Å²) in [6.45, 7) is 12.6. The van der Waals surface area contributed by atoms with Gasteiger partial charge in [-0.1, -0.05) is 20.8 Å². The van der Waals surface area contributed by atoms with Crippen molar-refractivity contribution >= 4 is 32.8 Å². The van der Waals surface area contributed by atoms with E-state index < -0.39 is 47.7 Å². The molecule has 0 aromatic rings. The zero-order valence-electron chi connectivity index (χ0n) is 18.2. The summed E-state index contributed by atoms with van der Waals surface area (Å²) in [5.74, 6) is -0.100. The van der Waals surface area contributed by atoms with Gasteiger partial charge in [0, 0.05) is 13.5 Å². The Bertz CT molecular complexity index is 712. The largest absolute Gasteiger partial charge is 0.390 e. The van der Waals surface area contributed by atoms with E-state index >= 15 is 0 Å². The zero-order chi connectivity index (χ0) is 22.3. The van der Waals surface area contributed by atoms with Crippen LogP contribution in [0.4, 0.5) is 4.79 Å². The molecule has 0 aromatic carbocycles. The summed E-state index contributed by atoms with van der Waals surface area (Å²) in [6.07, 6.45) is -4.79. The summed E-state index contributed by atoms with van der Waals surface area (Å²) in [4.78, 5) is 29.1. The van der Waals surface area contributed by atoms with Crippen LogP contribution in [-0.2, 0) is 14.3 Å². The van der Waals surface area contributed by atoms with E-state index in [1.807, 2.05) is 41.5 Å². The SMILES string of the molecule is CC(=O)NC1=NC(=O)N([C@@H]2O[C@H](C(O)C(C)(C)C)[C@@H](OC(C)(C)C)[C@H]2O)CC1=[SiH2]. The molecule has 9 nitrogen and oxygen atoms in total. The Morgan fingerprint density at radius 2 is 1.93 bits per heavy atom. The number of carbonyl (C=O) groups is 2. The molecule has 0 aromatic heterocycles. The Hall–Kier alpha value is -1.46. The van der Waals surface area contributed by atoms with Gasteiger partial charge in [-0.2, -0.15) is 4.99 Å². The quantitative estimate of drug-likeness (QED) is 0.519. The second-order valence-corrected chi connectivity index (χ2v) is 10.5. The number of aliphatic hydroxyl groups is 2. The standard InChI is InChI=1S/C19H33N3O6Si/c1-9(23)20-15-10(29)8-22(17(26)21-15)16-11(24)12(28-19(5,6)7)13(27-16)14(25)18(2,3)4/h11-14,16,24-25H,8,29H2,1-7H3,(H,20,21,23,26)/t11-,12+,13+,14?,16-/m1/s1. The third-order valence-electron chi connectivity index (χ3n) is 4.69. The summed E-state index contributed by atoms with van der Waals surface area (Å²) in [6, 6.07) is -0.631. The zero-order valence-corrected chi connectivity index (χ0v) is 19.6. The fourth-order valence-electron chi connectivity index (χ4n) is 3.29. The first-order valence-electron chi connectivity index (χ1n) is 9.66. The van der Waals surface area contributed by atoms with E-state index in [9.17, 15) is 19.8 Å². The molecule has 0 saturated carbocycles. The molecule has 2 aliphatic heterocycles. The van der Waals surface area contributed by atoms with Crippen LogP contribution in [0.2, 0.25) is 0 Å². The molecule has 2 heterocycles. The first-order chi connectivity index (χ1) is 13.1. The van der Waals surface area contributed by atoms with Crippen LogP contribution in [0.15, 0.2) is 4.99 Å². The smallest absolute Gasteiger partial charge is 0.347 e. The van der Waals surface area contributed by atoms with Crippen LogP contribution in [0.1, 0.15) is 48.5 Å². The number of aliphatic imine (C=N–C) groups is 1. The van der Waals surface area contributed by atoms with Crippen molar-refractivity contribution in [2.24, 2.45) is 10.4 Å². The molecule has 1 unspecified atom stereocenters. The Morgan fingerprint density at radius 1 is 1.34 bits per heavy atom. The minimum atomic E-state index is -1.17. The van der Waals surface area contributed by atoms with Crippen LogP contribution in [0.5, 0.6) is 0 Å². The summed E-state index contributed by atoms with van der Waals surface area (Å²) in [5.41, 5.74) is -1.11. The fourth-order valence-corrected chi connectivity index (χ4v) is 3.70. The second-order valence-electron chi connectivity index (χ2n) is 9.64. The van der Waals surface area contributed by atoms with Gasteiger partial charge in [-0.3, -0.25) is 9.69 Å². The third-order valence-corrected chi connectivity index (χ3v) is 5.25. The summed E-state index contributed by atoms with van der Waals surface area (Å²) < 4.78 is 12.0. The average molecular weight is 428 g/mol. The first kappa shape index (κ1) is 23.8. The normalized spacial score (nSPS) is 29.7. The lowest BCUT2D eigenvalue weighted by atomic mass is 9.84. The summed E-state index contributed by atoms with van der Waals surface area (Å²) in [7, 11) is 1.50. The molecule has 3 N–H and O–H groups in total. The maximum absolute atomic E-state index is 12.6. The number of rotatable bonds is 3. The summed E-state index contributed by atoms with van der Waals surface area (Å²) in [5, 5.41) is 25.1. The minimum absolute atomic E-state index is 0.138. The number of nitrogens with one attached hydrogen (secondary N) is 1. The molecule has 10 heteroatoms. The van der Waals surface area contributed by atoms with Crippen LogP contribution in [0.3, 0.4) is 0 Å². The van der Waals surface area contributed by atoms with Crippen molar-refractivity contribution in [3.63, 3.8) is 0 Å². The van der Waals surface area contributed by atoms with Gasteiger partial charge >= 0.3 is 6.03 Å². The first-order valence-corrected chi connectivity index (χ1v) is 10.4. The maximum Gasteiger partial charge on any atom is 0.347 e. The molecule has 0 bridgehead atoms. The van der Waals surface area contributed by atoms with Gasteiger partial charge in [0.1, 0.15) is 24.1 Å². The number of hydrogen-bond acceptors (Lipinski definition) is 6. The van der Waals surface area contributed by atoms with Crippen molar-refractivity contribution in [3.8, 4) is 0 Å². The van der Waals surface area contributed by atoms with Gasteiger partial charge in [0.15, 0.2) is 6.23 Å². The predicted octanol–water partition coefficient (Wildman–Crippen LogP) is -0.561. The van der Waals surface area contributed by atoms with Gasteiger partial charge < -0.3 is 25.0 Å². The van der Waals surface area contributed by atoms with Crippen molar-refractivity contribution in [1.29, 1.82) is 0 Å².